The number of imidazole rings is 1. The Labute approximate surface area is 166 Å². The molecule has 4 aromatic rings. The van der Waals surface area contributed by atoms with Gasteiger partial charge in [-0.05, 0) is 55.7 Å². The second-order valence-electron chi connectivity index (χ2n) is 7.70. The number of rotatable bonds is 5. The average molecular weight is 372 g/mol. The van der Waals surface area contributed by atoms with Crippen molar-refractivity contribution < 1.29 is 9.30 Å². The van der Waals surface area contributed by atoms with Crippen molar-refractivity contribution in [1.29, 1.82) is 0 Å². The van der Waals surface area contributed by atoms with Crippen LogP contribution in [0.2, 0.25) is 0 Å². The van der Waals surface area contributed by atoms with Crippen LogP contribution in [-0.4, -0.2) is 4.57 Å². The minimum absolute atomic E-state index is 0.260. The molecule has 0 amide bonds. The van der Waals surface area contributed by atoms with Gasteiger partial charge in [-0.15, -0.1) is 0 Å². The van der Waals surface area contributed by atoms with Crippen LogP contribution >= 0.6 is 0 Å². The van der Waals surface area contributed by atoms with Gasteiger partial charge in [0.1, 0.15) is 11.4 Å². The zero-order chi connectivity index (χ0) is 19.7. The third-order valence-corrected chi connectivity index (χ3v) is 5.05. The van der Waals surface area contributed by atoms with E-state index in [1.54, 1.807) is 0 Å². The van der Waals surface area contributed by atoms with Gasteiger partial charge in [0, 0.05) is 0 Å². The zero-order valence-electron chi connectivity index (χ0n) is 17.0. The minimum Gasteiger partial charge on any atom is -0.391 e. The van der Waals surface area contributed by atoms with Crippen molar-refractivity contribution in [2.75, 3.05) is 0 Å². The summed E-state index contributed by atoms with van der Waals surface area (Å²) < 4.78 is 11.2. The quantitative estimate of drug-likeness (QED) is 0.370. The topological polar surface area (TPSA) is 18.0 Å². The van der Waals surface area contributed by atoms with Crippen molar-refractivity contribution in [1.82, 2.24) is 4.57 Å². The van der Waals surface area contributed by atoms with Crippen molar-refractivity contribution >= 4 is 11.0 Å². The summed E-state index contributed by atoms with van der Waals surface area (Å²) in [5.74, 6) is 1.30. The summed E-state index contributed by atoms with van der Waals surface area (Å²) in [6.45, 7) is 8.79. The molecule has 0 saturated carbocycles. The number of hydrogen-bond donors (Lipinski definition) is 0. The van der Waals surface area contributed by atoms with Gasteiger partial charge >= 0.3 is 6.01 Å². The van der Waals surface area contributed by atoms with Crippen LogP contribution in [0.15, 0.2) is 78.9 Å². The van der Waals surface area contributed by atoms with Gasteiger partial charge in [0.15, 0.2) is 11.0 Å². The van der Waals surface area contributed by atoms with E-state index in [2.05, 4.69) is 104 Å². The summed E-state index contributed by atoms with van der Waals surface area (Å²) in [5, 5.41) is 0. The van der Waals surface area contributed by atoms with Crippen molar-refractivity contribution in [3.8, 4) is 17.4 Å². The predicted molar refractivity (Wildman–Crippen MR) is 114 cm³/mol. The zero-order valence-corrected chi connectivity index (χ0v) is 17.0. The Morgan fingerprint density at radius 3 is 2.11 bits per heavy atom. The Morgan fingerprint density at radius 2 is 1.39 bits per heavy atom. The highest BCUT2D eigenvalue weighted by Crippen LogP contribution is 2.33. The molecule has 28 heavy (non-hydrogen) atoms. The van der Waals surface area contributed by atoms with E-state index in [0.29, 0.717) is 5.92 Å². The molecule has 142 valence electrons. The van der Waals surface area contributed by atoms with Crippen molar-refractivity contribution in [2.45, 2.75) is 39.7 Å². The van der Waals surface area contributed by atoms with E-state index in [-0.39, 0.29) is 6.04 Å². The Morgan fingerprint density at radius 1 is 0.750 bits per heavy atom. The molecule has 0 spiro atoms. The lowest BCUT2D eigenvalue weighted by molar-refractivity contribution is -0.695. The minimum atomic E-state index is 0.260. The van der Waals surface area contributed by atoms with Crippen LogP contribution < -0.4 is 9.30 Å². The summed E-state index contributed by atoms with van der Waals surface area (Å²) in [4.78, 5) is 0. The Hall–Kier alpha value is -3.07. The maximum absolute atomic E-state index is 6.66. The number of hydrogen-bond acceptors (Lipinski definition) is 1. The molecule has 4 rings (SSSR count). The fraction of sp³-hybridized carbons (Fsp3) is 0.240. The van der Waals surface area contributed by atoms with Gasteiger partial charge in [0.25, 0.3) is 0 Å². The Balaban J connectivity index is 2.01. The molecule has 0 fully saturated rings. The van der Waals surface area contributed by atoms with E-state index in [4.69, 9.17) is 4.74 Å². The molecule has 0 unspecified atom stereocenters. The first kappa shape index (κ1) is 18.3. The van der Waals surface area contributed by atoms with Gasteiger partial charge < -0.3 is 4.74 Å². The molecule has 3 heteroatoms. The first-order valence-electron chi connectivity index (χ1n) is 9.95. The number of fused-ring (bicyclic) bond motifs is 1. The molecule has 0 aliphatic rings. The Bertz CT molecular complexity index is 1090. The second kappa shape index (κ2) is 7.51. The average Bonchev–Trinajstić information content (AvgIpc) is 3.02. The lowest BCUT2D eigenvalue weighted by Gasteiger charge is -2.13. The van der Waals surface area contributed by atoms with E-state index in [1.165, 1.54) is 11.1 Å². The molecule has 0 saturated heterocycles. The van der Waals surface area contributed by atoms with E-state index in [0.717, 1.165) is 23.0 Å². The normalized spacial score (nSPS) is 11.5. The predicted octanol–water partition coefficient (Wildman–Crippen LogP) is 6.41. The fourth-order valence-electron chi connectivity index (χ4n) is 3.74. The maximum atomic E-state index is 6.66. The summed E-state index contributed by atoms with van der Waals surface area (Å²) in [6.07, 6.45) is 0. The van der Waals surface area contributed by atoms with Gasteiger partial charge in [0.05, 0.1) is 6.04 Å². The standard InChI is InChI=1S/C25H27N2O/c1-18(2)21-14-8-11-17-24(21)28-25-26(19(3)4)22-15-9-10-16-23(22)27(25)20-12-6-5-7-13-20/h5-19H,1-4H3/q+1. The highest BCUT2D eigenvalue weighted by Gasteiger charge is 2.30. The molecule has 0 bridgehead atoms. The Kier molecular flexibility index (Phi) is 4.91. The third kappa shape index (κ3) is 3.18. The van der Waals surface area contributed by atoms with E-state index < -0.39 is 0 Å². The van der Waals surface area contributed by atoms with E-state index in [1.807, 2.05) is 12.1 Å². The molecule has 3 nitrogen and oxygen atoms in total. The van der Waals surface area contributed by atoms with Gasteiger partial charge in [-0.3, -0.25) is 0 Å². The SMILES string of the molecule is CC(C)c1ccccc1Oc1n(-c2ccccc2)c2ccccc2[n+]1C(C)C. The summed E-state index contributed by atoms with van der Waals surface area (Å²) in [7, 11) is 0. The highest BCUT2D eigenvalue weighted by atomic mass is 16.5. The number of nitrogens with zero attached hydrogens (tertiary/aromatic N) is 2. The first-order valence-corrected chi connectivity index (χ1v) is 9.95. The molecule has 0 radical (unpaired) electrons. The lowest BCUT2D eigenvalue weighted by atomic mass is 10.0. The van der Waals surface area contributed by atoms with Gasteiger partial charge in [-0.25, -0.2) is 0 Å². The van der Waals surface area contributed by atoms with Crippen LogP contribution in [0.4, 0.5) is 0 Å². The third-order valence-electron chi connectivity index (χ3n) is 5.05. The van der Waals surface area contributed by atoms with Crippen LogP contribution in [0.1, 0.15) is 45.2 Å². The monoisotopic (exact) mass is 371 g/mol. The largest absolute Gasteiger partial charge is 0.468 e. The van der Waals surface area contributed by atoms with Crippen LogP contribution in [0.5, 0.6) is 11.8 Å². The molecule has 1 heterocycles. The second-order valence-corrected chi connectivity index (χ2v) is 7.70. The molecule has 0 aliphatic heterocycles. The molecule has 3 aromatic carbocycles. The van der Waals surface area contributed by atoms with Crippen LogP contribution in [0.25, 0.3) is 16.7 Å². The molecule has 0 aliphatic carbocycles. The van der Waals surface area contributed by atoms with Gasteiger partial charge in [-0.2, -0.15) is 9.13 Å². The van der Waals surface area contributed by atoms with Gasteiger partial charge in [-0.1, -0.05) is 62.4 Å². The molecule has 0 atom stereocenters. The van der Waals surface area contributed by atoms with Crippen molar-refractivity contribution in [3.63, 3.8) is 0 Å². The number of ether oxygens (including phenoxy) is 1. The van der Waals surface area contributed by atoms with Crippen LogP contribution in [0.3, 0.4) is 0 Å². The number of aromatic nitrogens is 2. The van der Waals surface area contributed by atoms with Crippen molar-refractivity contribution in [2.24, 2.45) is 0 Å². The maximum Gasteiger partial charge on any atom is 0.468 e. The summed E-state index contributed by atoms with van der Waals surface area (Å²) in [5.41, 5.74) is 4.61. The lowest BCUT2D eigenvalue weighted by Crippen LogP contribution is -2.37. The first-order chi connectivity index (χ1) is 13.6. The molecular formula is C25H27N2O+. The van der Waals surface area contributed by atoms with Crippen molar-refractivity contribution in [3.05, 3.63) is 84.4 Å². The molecule has 0 N–H and O–H groups in total. The van der Waals surface area contributed by atoms with Crippen LogP contribution in [-0.2, 0) is 0 Å². The number of benzene rings is 3. The van der Waals surface area contributed by atoms with E-state index in [9.17, 15) is 0 Å². The number of para-hydroxylation sites is 4. The molecular weight excluding hydrogens is 344 g/mol. The molecule has 1 aromatic heterocycles. The van der Waals surface area contributed by atoms with Gasteiger partial charge in [0.2, 0.25) is 0 Å². The summed E-state index contributed by atoms with van der Waals surface area (Å²) >= 11 is 0. The van der Waals surface area contributed by atoms with Crippen LogP contribution in [0, 0.1) is 0 Å². The smallest absolute Gasteiger partial charge is 0.391 e. The highest BCUT2D eigenvalue weighted by molar-refractivity contribution is 5.75. The summed E-state index contributed by atoms with van der Waals surface area (Å²) in [6, 6.07) is 28.3. The van der Waals surface area contributed by atoms with E-state index >= 15 is 0 Å². The fourth-order valence-corrected chi connectivity index (χ4v) is 3.74.